The van der Waals surface area contributed by atoms with Crippen molar-refractivity contribution in [1.29, 1.82) is 0 Å². The normalized spacial score (nSPS) is 10.4. The van der Waals surface area contributed by atoms with Crippen LogP contribution in [0.5, 0.6) is 0 Å². The predicted molar refractivity (Wildman–Crippen MR) is 71.3 cm³/mol. The van der Waals surface area contributed by atoms with Crippen LogP contribution in [-0.2, 0) is 0 Å². The van der Waals surface area contributed by atoms with Crippen LogP contribution in [0.1, 0.15) is 13.3 Å². The van der Waals surface area contributed by atoms with E-state index in [1.54, 1.807) is 0 Å². The molecule has 1 rings (SSSR count). The third kappa shape index (κ3) is 3.87. The standard InChI is InChI=1S/C11H12N4O4/c1-3-8(2)7-12-13-10-5-4-9(14(16)17)6-11(10)15(18)19/h4-7,13H,2-3H2,1H3/b12-7+. The monoisotopic (exact) mass is 264 g/mol. The maximum Gasteiger partial charge on any atom is 0.301 e. The summed E-state index contributed by atoms with van der Waals surface area (Å²) >= 11 is 0. The second-order valence-electron chi connectivity index (χ2n) is 3.60. The number of nitro benzene ring substituents is 2. The molecule has 8 heteroatoms. The molecular weight excluding hydrogens is 252 g/mol. The largest absolute Gasteiger partial charge is 0.301 e. The Hall–Kier alpha value is -2.77. The van der Waals surface area contributed by atoms with Crippen LogP contribution in [0.25, 0.3) is 0 Å². The molecule has 0 amide bonds. The molecule has 0 spiro atoms. The molecular formula is C11H12N4O4. The molecule has 0 unspecified atom stereocenters. The summed E-state index contributed by atoms with van der Waals surface area (Å²) in [6.45, 7) is 5.58. The number of hydrazone groups is 1. The summed E-state index contributed by atoms with van der Waals surface area (Å²) < 4.78 is 0. The van der Waals surface area contributed by atoms with Gasteiger partial charge in [0.25, 0.3) is 5.69 Å². The molecule has 0 radical (unpaired) electrons. The lowest BCUT2D eigenvalue weighted by Gasteiger charge is -2.01. The van der Waals surface area contributed by atoms with Gasteiger partial charge in [-0.2, -0.15) is 5.10 Å². The predicted octanol–water partition coefficient (Wildman–Crippen LogP) is 2.87. The van der Waals surface area contributed by atoms with Crippen molar-refractivity contribution in [2.24, 2.45) is 5.10 Å². The van der Waals surface area contributed by atoms with Gasteiger partial charge in [-0.1, -0.05) is 13.5 Å². The van der Waals surface area contributed by atoms with E-state index in [9.17, 15) is 20.2 Å². The molecule has 0 aliphatic heterocycles. The second kappa shape index (κ2) is 6.24. The minimum Gasteiger partial charge on any atom is -0.272 e. The van der Waals surface area contributed by atoms with Gasteiger partial charge in [0, 0.05) is 12.3 Å². The van der Waals surface area contributed by atoms with E-state index in [0.29, 0.717) is 6.42 Å². The minimum atomic E-state index is -0.709. The number of hydrogen-bond donors (Lipinski definition) is 1. The van der Waals surface area contributed by atoms with E-state index in [2.05, 4.69) is 17.1 Å². The molecule has 0 bridgehead atoms. The molecule has 0 aromatic heterocycles. The van der Waals surface area contributed by atoms with E-state index >= 15 is 0 Å². The first-order valence-electron chi connectivity index (χ1n) is 5.35. The molecule has 1 N–H and O–H groups in total. The number of hydrogen-bond acceptors (Lipinski definition) is 6. The van der Waals surface area contributed by atoms with Gasteiger partial charge in [0.2, 0.25) is 0 Å². The van der Waals surface area contributed by atoms with Crippen LogP contribution in [0.15, 0.2) is 35.5 Å². The van der Waals surface area contributed by atoms with Gasteiger partial charge in [-0.25, -0.2) is 0 Å². The number of nitrogens with zero attached hydrogens (tertiary/aromatic N) is 3. The van der Waals surface area contributed by atoms with Crippen LogP contribution in [0.2, 0.25) is 0 Å². The van der Waals surface area contributed by atoms with Crippen molar-refractivity contribution < 1.29 is 9.85 Å². The van der Waals surface area contributed by atoms with Crippen LogP contribution >= 0.6 is 0 Å². The summed E-state index contributed by atoms with van der Waals surface area (Å²) in [5.41, 5.74) is 2.54. The third-order valence-electron chi connectivity index (χ3n) is 2.28. The highest BCUT2D eigenvalue weighted by atomic mass is 16.6. The lowest BCUT2D eigenvalue weighted by molar-refractivity contribution is -0.393. The average molecular weight is 264 g/mol. The van der Waals surface area contributed by atoms with Crippen molar-refractivity contribution in [3.8, 4) is 0 Å². The fraction of sp³-hybridized carbons (Fsp3) is 0.182. The van der Waals surface area contributed by atoms with E-state index in [1.807, 2.05) is 6.92 Å². The molecule has 1 aromatic carbocycles. The van der Waals surface area contributed by atoms with E-state index < -0.39 is 15.5 Å². The number of nitro groups is 2. The van der Waals surface area contributed by atoms with Gasteiger partial charge in [0.05, 0.1) is 15.9 Å². The van der Waals surface area contributed by atoms with Gasteiger partial charge in [-0.15, -0.1) is 0 Å². The minimum absolute atomic E-state index is 0.0794. The Bertz CT molecular complexity index is 554. The Morgan fingerprint density at radius 1 is 1.42 bits per heavy atom. The Balaban J connectivity index is 3.01. The van der Waals surface area contributed by atoms with E-state index in [1.165, 1.54) is 18.3 Å². The van der Waals surface area contributed by atoms with Crippen molar-refractivity contribution in [1.82, 2.24) is 0 Å². The van der Waals surface area contributed by atoms with E-state index in [4.69, 9.17) is 0 Å². The SMILES string of the molecule is C=C(/C=N/Nc1ccc([N+](=O)[O-])cc1[N+](=O)[O-])CC. The van der Waals surface area contributed by atoms with Gasteiger partial charge in [0.15, 0.2) is 0 Å². The summed E-state index contributed by atoms with van der Waals surface area (Å²) in [4.78, 5) is 20.0. The second-order valence-corrected chi connectivity index (χ2v) is 3.60. The Kier molecular flexibility index (Phi) is 4.69. The molecule has 100 valence electrons. The van der Waals surface area contributed by atoms with Crippen LogP contribution in [0.4, 0.5) is 17.1 Å². The Morgan fingerprint density at radius 3 is 2.63 bits per heavy atom. The van der Waals surface area contributed by atoms with Crippen LogP contribution < -0.4 is 5.43 Å². The molecule has 8 nitrogen and oxygen atoms in total. The first kappa shape index (κ1) is 14.3. The molecule has 0 fully saturated rings. The lowest BCUT2D eigenvalue weighted by atomic mass is 10.2. The van der Waals surface area contributed by atoms with Crippen LogP contribution in [0, 0.1) is 20.2 Å². The highest BCUT2D eigenvalue weighted by Gasteiger charge is 2.18. The van der Waals surface area contributed by atoms with Gasteiger partial charge < -0.3 is 0 Å². The molecule has 0 atom stereocenters. The zero-order chi connectivity index (χ0) is 14.4. The molecule has 19 heavy (non-hydrogen) atoms. The molecule has 0 heterocycles. The van der Waals surface area contributed by atoms with Crippen molar-refractivity contribution in [3.63, 3.8) is 0 Å². The van der Waals surface area contributed by atoms with Crippen molar-refractivity contribution >= 4 is 23.3 Å². The fourth-order valence-corrected chi connectivity index (χ4v) is 1.16. The third-order valence-corrected chi connectivity index (χ3v) is 2.28. The average Bonchev–Trinajstić information content (AvgIpc) is 2.38. The summed E-state index contributed by atoms with van der Waals surface area (Å²) in [6, 6.07) is 3.29. The molecule has 0 saturated carbocycles. The van der Waals surface area contributed by atoms with Gasteiger partial charge in [0.1, 0.15) is 5.69 Å². The summed E-state index contributed by atoms with van der Waals surface area (Å²) in [7, 11) is 0. The van der Waals surface area contributed by atoms with Crippen molar-refractivity contribution in [2.75, 3.05) is 5.43 Å². The quantitative estimate of drug-likeness (QED) is 0.482. The number of non-ortho nitro benzene ring substituents is 1. The maximum absolute atomic E-state index is 10.8. The van der Waals surface area contributed by atoms with E-state index in [0.717, 1.165) is 11.6 Å². The Labute approximate surface area is 108 Å². The lowest BCUT2D eigenvalue weighted by Crippen LogP contribution is -1.98. The van der Waals surface area contributed by atoms with E-state index in [-0.39, 0.29) is 11.4 Å². The fourth-order valence-electron chi connectivity index (χ4n) is 1.16. The highest BCUT2D eigenvalue weighted by molar-refractivity contribution is 5.78. The highest BCUT2D eigenvalue weighted by Crippen LogP contribution is 2.28. The number of nitrogens with one attached hydrogen (secondary N) is 1. The summed E-state index contributed by atoms with van der Waals surface area (Å²) in [6.07, 6.45) is 2.14. The van der Waals surface area contributed by atoms with Crippen LogP contribution in [0.3, 0.4) is 0 Å². The number of allylic oxidation sites excluding steroid dienone is 1. The number of anilines is 1. The molecule has 1 aromatic rings. The zero-order valence-electron chi connectivity index (χ0n) is 10.2. The topological polar surface area (TPSA) is 111 Å². The zero-order valence-corrected chi connectivity index (χ0v) is 10.2. The molecule has 0 saturated heterocycles. The van der Waals surface area contributed by atoms with Crippen LogP contribution in [-0.4, -0.2) is 16.1 Å². The first-order chi connectivity index (χ1) is 8.95. The molecule has 0 aliphatic rings. The maximum atomic E-state index is 10.8. The van der Waals surface area contributed by atoms with Crippen molar-refractivity contribution in [3.05, 3.63) is 50.6 Å². The Morgan fingerprint density at radius 2 is 2.11 bits per heavy atom. The van der Waals surface area contributed by atoms with Gasteiger partial charge >= 0.3 is 5.69 Å². The summed E-state index contributed by atoms with van der Waals surface area (Å²) in [5, 5.41) is 25.2. The number of rotatable bonds is 6. The summed E-state index contributed by atoms with van der Waals surface area (Å²) in [5.74, 6) is 0. The first-order valence-corrected chi connectivity index (χ1v) is 5.35. The molecule has 0 aliphatic carbocycles. The smallest absolute Gasteiger partial charge is 0.272 e. The van der Waals surface area contributed by atoms with Crippen molar-refractivity contribution in [2.45, 2.75) is 13.3 Å². The number of benzene rings is 1. The van der Waals surface area contributed by atoms with Gasteiger partial charge in [-0.3, -0.25) is 25.7 Å². The van der Waals surface area contributed by atoms with Gasteiger partial charge in [-0.05, 0) is 18.1 Å².